The molecule has 0 amide bonds. The number of azide groups is 2. The molecule has 3 heterocycles. The van der Waals surface area contributed by atoms with Crippen LogP contribution in [-0.2, 0) is 52.1 Å². The molecule has 51 heavy (non-hydrogen) atoms. The van der Waals surface area contributed by atoms with Gasteiger partial charge in [-0.25, -0.2) is 4.99 Å². The van der Waals surface area contributed by atoms with Crippen LogP contribution in [0.5, 0.6) is 0 Å². The summed E-state index contributed by atoms with van der Waals surface area (Å²) in [6, 6.07) is -0.822. The topological polar surface area (TPSA) is 292 Å². The van der Waals surface area contributed by atoms with E-state index < -0.39 is 68.0 Å². The quantitative estimate of drug-likeness (QED) is 0.0331. The van der Waals surface area contributed by atoms with Gasteiger partial charge in [-0.2, -0.15) is 0 Å². The van der Waals surface area contributed by atoms with Crippen LogP contribution in [0.2, 0.25) is 0 Å². The van der Waals surface area contributed by atoms with E-state index in [1.165, 1.54) is 0 Å². The van der Waals surface area contributed by atoms with Crippen LogP contribution < -0.4 is 0 Å². The molecule has 4 N–H and O–H groups in total. The Bertz CT molecular complexity index is 1090. The molecule has 0 bridgehead atoms. The number of aliphatic imine (C=N–C) groups is 1. The van der Waals surface area contributed by atoms with Crippen molar-refractivity contribution in [3.8, 4) is 0 Å². The molecule has 4 unspecified atom stereocenters. The van der Waals surface area contributed by atoms with Crippen molar-refractivity contribution in [2.75, 3.05) is 106 Å². The summed E-state index contributed by atoms with van der Waals surface area (Å²) in [6.07, 6.45) is -10.3. The molecule has 2 saturated heterocycles. The van der Waals surface area contributed by atoms with E-state index in [0.717, 1.165) is 0 Å². The first kappa shape index (κ1) is 42.9. The first-order valence-electron chi connectivity index (χ1n) is 16.8. The van der Waals surface area contributed by atoms with E-state index in [1.54, 1.807) is 6.92 Å². The second-order valence-corrected chi connectivity index (χ2v) is 11.3. The zero-order valence-electron chi connectivity index (χ0n) is 28.7. The van der Waals surface area contributed by atoms with Gasteiger partial charge in [0.15, 0.2) is 12.2 Å². The normalized spacial score (nSPS) is 30.2. The summed E-state index contributed by atoms with van der Waals surface area (Å²) in [5, 5.41) is 50.2. The third-order valence-corrected chi connectivity index (χ3v) is 7.68. The van der Waals surface area contributed by atoms with E-state index >= 15 is 0 Å². The Morgan fingerprint density at radius 1 is 0.686 bits per heavy atom. The summed E-state index contributed by atoms with van der Waals surface area (Å²) in [6.45, 7) is 4.80. The van der Waals surface area contributed by atoms with E-state index in [4.69, 9.17) is 63.2 Å². The molecule has 3 aliphatic heterocycles. The van der Waals surface area contributed by atoms with E-state index in [2.05, 4.69) is 25.0 Å². The number of aliphatic hydroxyl groups is 4. The molecule has 2 fully saturated rings. The summed E-state index contributed by atoms with van der Waals surface area (Å²) in [5.74, 6) is 0.310. The summed E-state index contributed by atoms with van der Waals surface area (Å²) in [5.41, 5.74) is 16.5. The van der Waals surface area contributed by atoms with E-state index in [1.807, 2.05) is 0 Å². The molecule has 3 aliphatic rings. The third kappa shape index (κ3) is 15.2. The maximum Gasteiger partial charge on any atom is 0.227 e. The highest BCUT2D eigenvalue weighted by atomic mass is 16.7. The summed E-state index contributed by atoms with van der Waals surface area (Å²) in [7, 11) is 0. The van der Waals surface area contributed by atoms with Crippen LogP contribution in [0.1, 0.15) is 13.3 Å². The average Bonchev–Trinajstić information content (AvgIpc) is 3.51. The van der Waals surface area contributed by atoms with E-state index in [9.17, 15) is 20.4 Å². The lowest BCUT2D eigenvalue weighted by Crippen LogP contribution is -2.64. The minimum absolute atomic E-state index is 0.0106. The van der Waals surface area contributed by atoms with Crippen molar-refractivity contribution in [3.63, 3.8) is 0 Å². The van der Waals surface area contributed by atoms with Gasteiger partial charge in [-0.1, -0.05) is 10.2 Å². The van der Waals surface area contributed by atoms with Crippen LogP contribution in [0, 0.1) is 0 Å². The smallest absolute Gasteiger partial charge is 0.227 e. The molecular weight excluding hydrogens is 686 g/mol. The molecule has 0 aromatic carbocycles. The number of hydrogen-bond acceptors (Lipinski definition) is 18. The minimum Gasteiger partial charge on any atom is -0.450 e. The second-order valence-electron chi connectivity index (χ2n) is 11.3. The fourth-order valence-corrected chi connectivity index (χ4v) is 5.24. The third-order valence-electron chi connectivity index (χ3n) is 7.68. The van der Waals surface area contributed by atoms with Gasteiger partial charge in [0.05, 0.1) is 79.3 Å². The molecular formula is C29H51N7O15. The predicted molar refractivity (Wildman–Crippen MR) is 173 cm³/mol. The van der Waals surface area contributed by atoms with Crippen LogP contribution in [0.15, 0.2) is 15.2 Å². The second kappa shape index (κ2) is 25.5. The molecule has 10 atom stereocenters. The monoisotopic (exact) mass is 737 g/mol. The fraction of sp³-hybridized carbons (Fsp3) is 0.966. The molecule has 292 valence electrons. The van der Waals surface area contributed by atoms with Crippen LogP contribution >= 0.6 is 0 Å². The van der Waals surface area contributed by atoms with Gasteiger partial charge in [0.1, 0.15) is 48.8 Å². The predicted octanol–water partition coefficient (Wildman–Crippen LogP) is -0.791. The van der Waals surface area contributed by atoms with Crippen molar-refractivity contribution >= 4 is 5.90 Å². The SMILES string of the molecule is CC1=NC2[C@@H](O1)OC(CO)[C@@H](O[C@@H]1OC(COCCOCCCOCCOCCN=[N+]=[N-])[C@@H](O)[C@H](OCCOCCOCCN=[N+]=[N-])C1O)[C@@H]2O. The lowest BCUT2D eigenvalue weighted by molar-refractivity contribution is -0.346. The van der Waals surface area contributed by atoms with Gasteiger partial charge in [-0.05, 0) is 17.5 Å². The zero-order chi connectivity index (χ0) is 36.7. The number of ether oxygens (including phenoxy) is 11. The van der Waals surface area contributed by atoms with E-state index in [0.29, 0.717) is 45.4 Å². The average molecular weight is 738 g/mol. The van der Waals surface area contributed by atoms with Crippen molar-refractivity contribution in [3.05, 3.63) is 20.9 Å². The maximum atomic E-state index is 11.2. The Morgan fingerprint density at radius 2 is 1.25 bits per heavy atom. The zero-order valence-corrected chi connectivity index (χ0v) is 28.7. The molecule has 0 saturated carbocycles. The Hall–Kier alpha value is -2.47. The van der Waals surface area contributed by atoms with Gasteiger partial charge in [0.25, 0.3) is 0 Å². The van der Waals surface area contributed by atoms with Crippen molar-refractivity contribution in [1.29, 1.82) is 0 Å². The Kier molecular flexibility index (Phi) is 21.5. The Morgan fingerprint density at radius 3 is 1.86 bits per heavy atom. The molecule has 0 aromatic rings. The number of nitrogens with zero attached hydrogens (tertiary/aromatic N) is 7. The number of hydrogen-bond donors (Lipinski definition) is 4. The van der Waals surface area contributed by atoms with Crippen molar-refractivity contribution in [1.82, 2.24) is 0 Å². The number of rotatable bonds is 28. The molecule has 0 radical (unpaired) electrons. The highest BCUT2D eigenvalue weighted by Crippen LogP contribution is 2.33. The standard InChI is InChI=1S/C29H51N7O15/c1-19-34-22-24(39)26(20(17-37)49-28(22)48-19)51-29-25(40)27(47-16-15-45-12-11-44-8-4-33-36-31)23(38)21(50-29)18-46-14-13-42-6-2-5-41-9-10-43-7-3-32-35-30/h20-29,37-40H,2-18H2,1H3/t20?,21?,22?,23-,24-,25?,26-,27+,28+,29+/m1/s1. The maximum absolute atomic E-state index is 11.2. The molecule has 0 aliphatic carbocycles. The highest BCUT2D eigenvalue weighted by molar-refractivity contribution is 5.75. The summed E-state index contributed by atoms with van der Waals surface area (Å²) >= 11 is 0. The largest absolute Gasteiger partial charge is 0.450 e. The molecule has 22 nitrogen and oxygen atoms in total. The van der Waals surface area contributed by atoms with Gasteiger partial charge in [-0.3, -0.25) is 0 Å². The molecule has 0 aromatic heterocycles. The molecule has 3 rings (SSSR count). The minimum atomic E-state index is -1.52. The number of fused-ring (bicyclic) bond motifs is 1. The van der Waals surface area contributed by atoms with Crippen molar-refractivity contribution in [2.24, 2.45) is 15.2 Å². The van der Waals surface area contributed by atoms with E-state index in [-0.39, 0.29) is 65.9 Å². The highest BCUT2D eigenvalue weighted by Gasteiger charge is 2.53. The van der Waals surface area contributed by atoms with Crippen LogP contribution in [-0.4, -0.2) is 193 Å². The lowest BCUT2D eigenvalue weighted by atomic mass is 9.96. The Balaban J connectivity index is 1.45. The molecule has 22 heteroatoms. The first-order chi connectivity index (χ1) is 24.9. The van der Waals surface area contributed by atoms with Gasteiger partial charge in [0.2, 0.25) is 6.29 Å². The van der Waals surface area contributed by atoms with Gasteiger partial charge < -0.3 is 72.5 Å². The van der Waals surface area contributed by atoms with Crippen molar-refractivity contribution < 1.29 is 72.5 Å². The summed E-state index contributed by atoms with van der Waals surface area (Å²) in [4.78, 5) is 9.54. The van der Waals surface area contributed by atoms with Gasteiger partial charge >= 0.3 is 0 Å². The van der Waals surface area contributed by atoms with Crippen molar-refractivity contribution in [2.45, 2.75) is 74.7 Å². The lowest BCUT2D eigenvalue weighted by Gasteiger charge is -2.46. The van der Waals surface area contributed by atoms with Crippen LogP contribution in [0.4, 0.5) is 0 Å². The number of aliphatic hydroxyl groups excluding tert-OH is 4. The van der Waals surface area contributed by atoms with Gasteiger partial charge in [-0.15, -0.1) is 0 Å². The fourth-order valence-electron chi connectivity index (χ4n) is 5.24. The first-order valence-corrected chi connectivity index (χ1v) is 16.8. The summed E-state index contributed by atoms with van der Waals surface area (Å²) < 4.78 is 61.8. The Labute approximate surface area is 295 Å². The van der Waals surface area contributed by atoms with Crippen LogP contribution in [0.25, 0.3) is 20.9 Å². The molecule has 0 spiro atoms. The van der Waals surface area contributed by atoms with Gasteiger partial charge in [0, 0.05) is 43.1 Å². The van der Waals surface area contributed by atoms with Crippen LogP contribution in [0.3, 0.4) is 0 Å².